The zero-order valence-corrected chi connectivity index (χ0v) is 28.4. The summed E-state index contributed by atoms with van der Waals surface area (Å²) in [4.78, 5) is 25.5. The third-order valence-corrected chi connectivity index (χ3v) is 8.07. The van der Waals surface area contributed by atoms with E-state index in [0.717, 1.165) is 16.3 Å². The van der Waals surface area contributed by atoms with Gasteiger partial charge < -0.3 is 29.6 Å². The Kier molecular flexibility index (Phi) is 11.1. The van der Waals surface area contributed by atoms with Gasteiger partial charge in [-0.25, -0.2) is 10.2 Å². The van der Waals surface area contributed by atoms with E-state index in [4.69, 9.17) is 31.2 Å². The fraction of sp³-hybridized carbons (Fsp3) is 0.200. The standard InChI is InChI=1S/C35H33BrN4O6S/c1-4-44-34(42)31-21(2)38-35(47)39-32(31)26-14-7-8-15-28(26)45-20-30(41)40-37-18-22-16-27(36)33(29(17-22)43-3)46-19-24-12-9-11-23-10-5-6-13-25(23)24/h5-18,32H,4,19-20H2,1-3H3,(H,40,41)(H2,38,39,47)/t32-/m1/s1. The Hall–Kier alpha value is -4.94. The summed E-state index contributed by atoms with van der Waals surface area (Å²) in [5, 5.41) is 12.8. The van der Waals surface area contributed by atoms with Gasteiger partial charge in [-0.05, 0) is 82.1 Å². The third kappa shape index (κ3) is 8.08. The summed E-state index contributed by atoms with van der Waals surface area (Å²) in [6.07, 6.45) is 1.49. The number of carbonyl (C=O) groups excluding carboxylic acids is 2. The normalized spacial score (nSPS) is 14.4. The highest BCUT2D eigenvalue weighted by Crippen LogP contribution is 2.37. The smallest absolute Gasteiger partial charge is 0.338 e. The van der Waals surface area contributed by atoms with Crippen molar-refractivity contribution in [1.29, 1.82) is 0 Å². The van der Waals surface area contributed by atoms with Gasteiger partial charge in [0.1, 0.15) is 12.4 Å². The average molecular weight is 718 g/mol. The Morgan fingerprint density at radius 1 is 1.02 bits per heavy atom. The van der Waals surface area contributed by atoms with Crippen LogP contribution in [0.15, 0.2) is 99.7 Å². The molecule has 10 nitrogen and oxygen atoms in total. The highest BCUT2D eigenvalue weighted by atomic mass is 79.9. The molecule has 0 fully saturated rings. The predicted octanol–water partition coefficient (Wildman–Crippen LogP) is 6.07. The molecule has 4 aromatic carbocycles. The lowest BCUT2D eigenvalue weighted by Crippen LogP contribution is -2.45. The van der Waals surface area contributed by atoms with E-state index in [-0.39, 0.29) is 13.2 Å². The number of nitrogens with zero attached hydrogens (tertiary/aromatic N) is 1. The summed E-state index contributed by atoms with van der Waals surface area (Å²) < 4.78 is 23.6. The maximum absolute atomic E-state index is 12.8. The second kappa shape index (κ2) is 15.6. The van der Waals surface area contributed by atoms with E-state index in [1.165, 1.54) is 6.21 Å². The van der Waals surface area contributed by atoms with Crippen LogP contribution >= 0.6 is 28.1 Å². The molecule has 47 heavy (non-hydrogen) atoms. The maximum atomic E-state index is 12.8. The topological polar surface area (TPSA) is 120 Å². The zero-order valence-electron chi connectivity index (χ0n) is 26.0. The molecule has 1 amide bonds. The van der Waals surface area contributed by atoms with E-state index in [0.29, 0.717) is 55.8 Å². The van der Waals surface area contributed by atoms with E-state index in [1.54, 1.807) is 45.2 Å². The van der Waals surface area contributed by atoms with Gasteiger partial charge in [-0.3, -0.25) is 4.79 Å². The first-order valence-corrected chi connectivity index (χ1v) is 15.9. The molecule has 0 aromatic heterocycles. The van der Waals surface area contributed by atoms with E-state index in [1.807, 2.05) is 36.4 Å². The van der Waals surface area contributed by atoms with Gasteiger partial charge in [0, 0.05) is 11.3 Å². The molecule has 1 aliphatic heterocycles. The number of amides is 1. The molecule has 0 aliphatic carbocycles. The Balaban J connectivity index is 1.22. The number of carbonyl (C=O) groups is 2. The number of ether oxygens (including phenoxy) is 4. The molecule has 0 radical (unpaired) electrons. The predicted molar refractivity (Wildman–Crippen MR) is 188 cm³/mol. The van der Waals surface area contributed by atoms with Crippen molar-refractivity contribution in [3.8, 4) is 17.2 Å². The second-order valence-corrected chi connectivity index (χ2v) is 11.6. The summed E-state index contributed by atoms with van der Waals surface area (Å²) in [5.41, 5.74) is 5.77. The van der Waals surface area contributed by atoms with Crippen LogP contribution in [0.2, 0.25) is 0 Å². The van der Waals surface area contributed by atoms with Crippen LogP contribution < -0.4 is 30.3 Å². The fourth-order valence-corrected chi connectivity index (χ4v) is 5.98. The molecule has 5 rings (SSSR count). The first-order chi connectivity index (χ1) is 22.8. The lowest BCUT2D eigenvalue weighted by molar-refractivity contribution is -0.139. The molecule has 0 saturated carbocycles. The van der Waals surface area contributed by atoms with Gasteiger partial charge in [0.25, 0.3) is 5.91 Å². The van der Waals surface area contributed by atoms with Crippen molar-refractivity contribution in [2.75, 3.05) is 20.3 Å². The summed E-state index contributed by atoms with van der Waals surface area (Å²) in [6, 6.07) is 24.3. The fourth-order valence-electron chi connectivity index (χ4n) is 5.13. The number of thiocarbonyl (C=S) groups is 1. The molecule has 0 spiro atoms. The van der Waals surface area contributed by atoms with Crippen LogP contribution in [0.25, 0.3) is 10.8 Å². The summed E-state index contributed by atoms with van der Waals surface area (Å²) >= 11 is 8.91. The molecule has 1 aliphatic rings. The molecular formula is C35H33BrN4O6S. The number of methoxy groups -OCH3 is 1. The van der Waals surface area contributed by atoms with Crippen LogP contribution in [0.1, 0.15) is 36.6 Å². The largest absolute Gasteiger partial charge is 0.493 e. The first kappa shape index (κ1) is 33.4. The zero-order chi connectivity index (χ0) is 33.3. The monoisotopic (exact) mass is 716 g/mol. The minimum atomic E-state index is -0.632. The van der Waals surface area contributed by atoms with Gasteiger partial charge in [0.2, 0.25) is 0 Å². The van der Waals surface area contributed by atoms with Crippen molar-refractivity contribution >= 4 is 62.1 Å². The first-order valence-electron chi connectivity index (χ1n) is 14.7. The molecule has 1 atom stereocenters. The van der Waals surface area contributed by atoms with Gasteiger partial charge in [0.15, 0.2) is 23.2 Å². The number of allylic oxidation sites excluding steroid dienone is 1. The number of hydrazone groups is 1. The van der Waals surface area contributed by atoms with E-state index in [2.05, 4.69) is 55.3 Å². The number of benzene rings is 4. The second-order valence-electron chi connectivity index (χ2n) is 10.4. The van der Waals surface area contributed by atoms with Crippen LogP contribution in [0.4, 0.5) is 0 Å². The van der Waals surface area contributed by atoms with Crippen molar-refractivity contribution in [3.63, 3.8) is 0 Å². The SMILES string of the molecule is CCOC(=O)C1=C(C)NC(=S)N[C@@H]1c1ccccc1OCC(=O)NN=Cc1cc(Br)c(OCc2cccc3ccccc23)c(OC)c1. The van der Waals surface area contributed by atoms with Gasteiger partial charge >= 0.3 is 5.97 Å². The quantitative estimate of drug-likeness (QED) is 0.0694. The van der Waals surface area contributed by atoms with Crippen LogP contribution in [0, 0.1) is 0 Å². The molecule has 3 N–H and O–H groups in total. The highest BCUT2D eigenvalue weighted by Gasteiger charge is 2.32. The number of hydrogen-bond acceptors (Lipinski definition) is 8. The van der Waals surface area contributed by atoms with Crippen LogP contribution in [0.3, 0.4) is 0 Å². The van der Waals surface area contributed by atoms with Gasteiger partial charge in [-0.1, -0.05) is 60.7 Å². The molecule has 0 bridgehead atoms. The Labute approximate surface area is 286 Å². The van der Waals surface area contributed by atoms with Crippen LogP contribution in [-0.2, 0) is 20.9 Å². The van der Waals surface area contributed by atoms with E-state index < -0.39 is 17.9 Å². The van der Waals surface area contributed by atoms with Crippen molar-refractivity contribution in [3.05, 3.63) is 111 Å². The van der Waals surface area contributed by atoms with Crippen molar-refractivity contribution < 1.29 is 28.5 Å². The number of para-hydroxylation sites is 1. The highest BCUT2D eigenvalue weighted by molar-refractivity contribution is 9.10. The van der Waals surface area contributed by atoms with Gasteiger partial charge in [0.05, 0.1) is 36.0 Å². The molecule has 1 heterocycles. The minimum absolute atomic E-state index is 0.221. The molecular weight excluding hydrogens is 684 g/mol. The number of rotatable bonds is 12. The lowest BCUT2D eigenvalue weighted by atomic mass is 9.95. The summed E-state index contributed by atoms with van der Waals surface area (Å²) in [5.74, 6) is 0.491. The molecule has 0 unspecified atom stereocenters. The molecule has 242 valence electrons. The molecule has 4 aromatic rings. The number of nitrogens with one attached hydrogen (secondary N) is 3. The number of esters is 1. The summed E-state index contributed by atoms with van der Waals surface area (Å²) in [7, 11) is 1.56. The Bertz CT molecular complexity index is 1870. The number of fused-ring (bicyclic) bond motifs is 1. The maximum Gasteiger partial charge on any atom is 0.338 e. The van der Waals surface area contributed by atoms with Crippen molar-refractivity contribution in [2.24, 2.45) is 5.10 Å². The third-order valence-electron chi connectivity index (χ3n) is 7.26. The van der Waals surface area contributed by atoms with Gasteiger partial charge in [-0.15, -0.1) is 0 Å². The van der Waals surface area contributed by atoms with E-state index >= 15 is 0 Å². The van der Waals surface area contributed by atoms with Crippen molar-refractivity contribution in [1.82, 2.24) is 16.1 Å². The number of halogens is 1. The molecule has 12 heteroatoms. The Morgan fingerprint density at radius 3 is 2.60 bits per heavy atom. The van der Waals surface area contributed by atoms with Crippen LogP contribution in [-0.4, -0.2) is 43.5 Å². The van der Waals surface area contributed by atoms with Crippen LogP contribution in [0.5, 0.6) is 17.2 Å². The number of hydrogen-bond donors (Lipinski definition) is 3. The summed E-state index contributed by atoms with van der Waals surface area (Å²) in [6.45, 7) is 3.74. The Morgan fingerprint density at radius 2 is 1.79 bits per heavy atom. The lowest BCUT2D eigenvalue weighted by Gasteiger charge is -2.30. The van der Waals surface area contributed by atoms with E-state index in [9.17, 15) is 9.59 Å². The minimum Gasteiger partial charge on any atom is -0.493 e. The van der Waals surface area contributed by atoms with Gasteiger partial charge in [-0.2, -0.15) is 5.10 Å². The average Bonchev–Trinajstić information content (AvgIpc) is 3.06. The molecule has 0 saturated heterocycles. The van der Waals surface area contributed by atoms with Crippen molar-refractivity contribution in [2.45, 2.75) is 26.5 Å².